The Balaban J connectivity index is 2.63. The van der Waals surface area contributed by atoms with Crippen LogP contribution in [-0.2, 0) is 0 Å². The van der Waals surface area contributed by atoms with E-state index in [0.717, 1.165) is 6.42 Å². The van der Waals surface area contributed by atoms with Gasteiger partial charge in [0.1, 0.15) is 5.75 Å². The van der Waals surface area contributed by atoms with Crippen LogP contribution >= 0.6 is 0 Å². The van der Waals surface area contributed by atoms with Crippen LogP contribution in [0.4, 0.5) is 0 Å². The number of benzene rings is 1. The molecule has 0 heterocycles. The van der Waals surface area contributed by atoms with Crippen LogP contribution in [0.25, 0.3) is 0 Å². The van der Waals surface area contributed by atoms with Crippen molar-refractivity contribution in [3.8, 4) is 5.75 Å². The molecule has 1 amide bonds. The van der Waals surface area contributed by atoms with Crippen LogP contribution in [0.3, 0.4) is 0 Å². The standard InChI is InChI=1S/C12H18N2O2/c1-8(13)6-7-14-12(16)10-4-3-5-11(15)9(10)2/h3-5,8,15H,6-7,13H2,1-2H3,(H,14,16). The number of amides is 1. The van der Waals surface area contributed by atoms with E-state index in [4.69, 9.17) is 5.73 Å². The summed E-state index contributed by atoms with van der Waals surface area (Å²) in [4.78, 5) is 11.7. The molecule has 4 N–H and O–H groups in total. The lowest BCUT2D eigenvalue weighted by Crippen LogP contribution is -2.29. The van der Waals surface area contributed by atoms with Gasteiger partial charge >= 0.3 is 0 Å². The number of carbonyl (C=O) groups is 1. The summed E-state index contributed by atoms with van der Waals surface area (Å²) in [6.45, 7) is 4.16. The fourth-order valence-corrected chi connectivity index (χ4v) is 1.38. The van der Waals surface area contributed by atoms with Gasteiger partial charge in [-0.15, -0.1) is 0 Å². The number of hydrogen-bond donors (Lipinski definition) is 3. The van der Waals surface area contributed by atoms with Gasteiger partial charge in [-0.2, -0.15) is 0 Å². The SMILES string of the molecule is Cc1c(O)cccc1C(=O)NCCC(C)N. The van der Waals surface area contributed by atoms with E-state index >= 15 is 0 Å². The van der Waals surface area contributed by atoms with Gasteiger partial charge in [-0.05, 0) is 32.4 Å². The summed E-state index contributed by atoms with van der Waals surface area (Å²) in [5.41, 5.74) is 6.68. The van der Waals surface area contributed by atoms with E-state index in [9.17, 15) is 9.90 Å². The number of hydrogen-bond acceptors (Lipinski definition) is 3. The highest BCUT2D eigenvalue weighted by Gasteiger charge is 2.10. The van der Waals surface area contributed by atoms with Crippen LogP contribution in [0, 0.1) is 6.92 Å². The van der Waals surface area contributed by atoms with Crippen molar-refractivity contribution < 1.29 is 9.90 Å². The van der Waals surface area contributed by atoms with Gasteiger partial charge < -0.3 is 16.2 Å². The minimum Gasteiger partial charge on any atom is -0.508 e. The van der Waals surface area contributed by atoms with E-state index in [1.165, 1.54) is 0 Å². The summed E-state index contributed by atoms with van der Waals surface area (Å²) >= 11 is 0. The Morgan fingerprint density at radius 3 is 2.88 bits per heavy atom. The molecule has 1 aromatic rings. The minimum atomic E-state index is -0.172. The predicted octanol–water partition coefficient (Wildman–Crippen LogP) is 1.17. The largest absolute Gasteiger partial charge is 0.508 e. The number of rotatable bonds is 4. The normalized spacial score (nSPS) is 12.2. The van der Waals surface area contributed by atoms with Crippen LogP contribution in [0.2, 0.25) is 0 Å². The highest BCUT2D eigenvalue weighted by Crippen LogP contribution is 2.19. The van der Waals surface area contributed by atoms with Crippen molar-refractivity contribution in [3.05, 3.63) is 29.3 Å². The number of aromatic hydroxyl groups is 1. The molecule has 0 aliphatic rings. The van der Waals surface area contributed by atoms with Gasteiger partial charge in [0.2, 0.25) is 0 Å². The molecule has 0 fully saturated rings. The molecule has 0 saturated heterocycles. The second-order valence-electron chi connectivity index (χ2n) is 3.97. The maximum atomic E-state index is 11.7. The number of nitrogens with two attached hydrogens (primary N) is 1. The lowest BCUT2D eigenvalue weighted by atomic mass is 10.1. The average Bonchev–Trinajstić information content (AvgIpc) is 2.21. The molecule has 1 atom stereocenters. The summed E-state index contributed by atoms with van der Waals surface area (Å²) in [6, 6.07) is 4.98. The van der Waals surface area contributed by atoms with Crippen LogP contribution in [0.5, 0.6) is 5.75 Å². The first-order valence-electron chi connectivity index (χ1n) is 5.34. The van der Waals surface area contributed by atoms with Crippen molar-refractivity contribution in [3.63, 3.8) is 0 Å². The molecule has 0 aliphatic carbocycles. The molecule has 4 heteroatoms. The minimum absolute atomic E-state index is 0.0746. The first-order chi connectivity index (χ1) is 7.52. The van der Waals surface area contributed by atoms with Crippen LogP contribution in [0.15, 0.2) is 18.2 Å². The van der Waals surface area contributed by atoms with Crippen molar-refractivity contribution in [1.82, 2.24) is 5.32 Å². The summed E-state index contributed by atoms with van der Waals surface area (Å²) in [5, 5.41) is 12.2. The Kier molecular flexibility index (Phi) is 4.31. The fourth-order valence-electron chi connectivity index (χ4n) is 1.38. The van der Waals surface area contributed by atoms with Gasteiger partial charge in [0.05, 0.1) is 0 Å². The topological polar surface area (TPSA) is 75.3 Å². The molecular weight excluding hydrogens is 204 g/mol. The highest BCUT2D eigenvalue weighted by molar-refractivity contribution is 5.96. The van der Waals surface area contributed by atoms with Crippen molar-refractivity contribution in [2.75, 3.05) is 6.54 Å². The molecule has 1 rings (SSSR count). The molecule has 1 aromatic carbocycles. The molecule has 0 saturated carbocycles. The quantitative estimate of drug-likeness (QED) is 0.715. The lowest BCUT2D eigenvalue weighted by molar-refractivity contribution is 0.0951. The zero-order valence-corrected chi connectivity index (χ0v) is 9.66. The van der Waals surface area contributed by atoms with Gasteiger partial charge in [-0.3, -0.25) is 4.79 Å². The van der Waals surface area contributed by atoms with Crippen LogP contribution < -0.4 is 11.1 Å². The Bertz CT molecular complexity index is 375. The number of nitrogens with one attached hydrogen (secondary N) is 1. The smallest absolute Gasteiger partial charge is 0.251 e. The molecule has 0 bridgehead atoms. The third-order valence-corrected chi connectivity index (χ3v) is 2.44. The third kappa shape index (κ3) is 3.24. The summed E-state index contributed by atoms with van der Waals surface area (Å²) in [5.74, 6) is -0.0334. The van der Waals surface area contributed by atoms with Crippen molar-refractivity contribution in [2.45, 2.75) is 26.3 Å². The molecule has 88 valence electrons. The Labute approximate surface area is 95.5 Å². The Morgan fingerprint density at radius 1 is 1.56 bits per heavy atom. The van der Waals surface area contributed by atoms with Crippen molar-refractivity contribution >= 4 is 5.91 Å². The Morgan fingerprint density at radius 2 is 2.25 bits per heavy atom. The molecule has 0 aromatic heterocycles. The summed E-state index contributed by atoms with van der Waals surface area (Å²) < 4.78 is 0. The highest BCUT2D eigenvalue weighted by atomic mass is 16.3. The monoisotopic (exact) mass is 222 g/mol. The van der Waals surface area contributed by atoms with Gasteiger partial charge in [-0.1, -0.05) is 6.07 Å². The van der Waals surface area contributed by atoms with E-state index in [1.807, 2.05) is 6.92 Å². The number of phenolic OH excluding ortho intramolecular Hbond substituents is 1. The molecule has 0 radical (unpaired) electrons. The molecule has 4 nitrogen and oxygen atoms in total. The van der Waals surface area contributed by atoms with E-state index in [2.05, 4.69) is 5.32 Å². The molecular formula is C12H18N2O2. The first kappa shape index (κ1) is 12.5. The predicted molar refractivity (Wildman–Crippen MR) is 63.4 cm³/mol. The number of phenols is 1. The second kappa shape index (κ2) is 5.51. The van der Waals surface area contributed by atoms with Gasteiger partial charge in [0.15, 0.2) is 0 Å². The number of carbonyl (C=O) groups excluding carboxylic acids is 1. The van der Waals surface area contributed by atoms with E-state index in [0.29, 0.717) is 17.7 Å². The van der Waals surface area contributed by atoms with Crippen molar-refractivity contribution in [1.29, 1.82) is 0 Å². The molecule has 16 heavy (non-hydrogen) atoms. The van der Waals surface area contributed by atoms with Crippen molar-refractivity contribution in [2.24, 2.45) is 5.73 Å². The van der Waals surface area contributed by atoms with Gasteiger partial charge in [0, 0.05) is 23.7 Å². The van der Waals surface area contributed by atoms with Crippen LogP contribution in [0.1, 0.15) is 29.3 Å². The fraction of sp³-hybridized carbons (Fsp3) is 0.417. The Hall–Kier alpha value is -1.55. The third-order valence-electron chi connectivity index (χ3n) is 2.44. The summed E-state index contributed by atoms with van der Waals surface area (Å²) in [6.07, 6.45) is 0.740. The maximum Gasteiger partial charge on any atom is 0.251 e. The van der Waals surface area contributed by atoms with Crippen LogP contribution in [-0.4, -0.2) is 23.6 Å². The second-order valence-corrected chi connectivity index (χ2v) is 3.97. The zero-order chi connectivity index (χ0) is 12.1. The molecule has 1 unspecified atom stereocenters. The van der Waals surface area contributed by atoms with E-state index in [-0.39, 0.29) is 17.7 Å². The van der Waals surface area contributed by atoms with E-state index in [1.54, 1.807) is 25.1 Å². The van der Waals surface area contributed by atoms with Gasteiger partial charge in [-0.25, -0.2) is 0 Å². The molecule has 0 aliphatic heterocycles. The van der Waals surface area contributed by atoms with E-state index < -0.39 is 0 Å². The van der Waals surface area contributed by atoms with Gasteiger partial charge in [0.25, 0.3) is 5.91 Å². The average molecular weight is 222 g/mol. The maximum absolute atomic E-state index is 11.7. The first-order valence-corrected chi connectivity index (χ1v) is 5.34. The summed E-state index contributed by atoms with van der Waals surface area (Å²) in [7, 11) is 0. The lowest BCUT2D eigenvalue weighted by Gasteiger charge is -2.09. The molecule has 0 spiro atoms. The zero-order valence-electron chi connectivity index (χ0n) is 9.66.